The zero-order chi connectivity index (χ0) is 21.2. The van der Waals surface area contributed by atoms with E-state index in [-0.39, 0.29) is 25.0 Å². The fourth-order valence-corrected chi connectivity index (χ4v) is 3.24. The van der Waals surface area contributed by atoms with Crippen molar-refractivity contribution < 1.29 is 14.3 Å². The summed E-state index contributed by atoms with van der Waals surface area (Å²) in [6.45, 7) is 4.45. The maximum Gasteiger partial charge on any atom is 0.261 e. The molecule has 1 N–H and O–H groups in total. The van der Waals surface area contributed by atoms with Crippen LogP contribution in [-0.4, -0.2) is 35.9 Å². The summed E-state index contributed by atoms with van der Waals surface area (Å²) in [6, 6.07) is 14.1. The maximum atomic E-state index is 13.0. The lowest BCUT2D eigenvalue weighted by Crippen LogP contribution is -2.49. The average Bonchev–Trinajstić information content (AvgIpc) is 2.72. The Morgan fingerprint density at radius 2 is 1.86 bits per heavy atom. The first-order valence-electron chi connectivity index (χ1n) is 9.61. The molecule has 156 valence electrons. The molecule has 2 aromatic carbocycles. The second-order valence-electron chi connectivity index (χ2n) is 6.68. The van der Waals surface area contributed by atoms with Crippen molar-refractivity contribution in [1.82, 2.24) is 10.2 Å². The molecule has 0 saturated carbocycles. The van der Waals surface area contributed by atoms with E-state index in [4.69, 9.17) is 16.3 Å². The van der Waals surface area contributed by atoms with E-state index < -0.39 is 6.04 Å². The molecule has 29 heavy (non-hydrogen) atoms. The molecule has 1 unspecified atom stereocenters. The SMILES string of the molecule is CCCCNC(=O)C(C)N(Cc1ccccc1Cl)C(=O)COc1ccc(I)cc1. The van der Waals surface area contributed by atoms with Crippen LogP contribution in [0.25, 0.3) is 0 Å². The number of unbranched alkanes of at least 4 members (excludes halogenated alkanes) is 1. The van der Waals surface area contributed by atoms with Crippen molar-refractivity contribution in [2.75, 3.05) is 13.2 Å². The fourth-order valence-electron chi connectivity index (χ4n) is 2.69. The third-order valence-electron chi connectivity index (χ3n) is 4.47. The van der Waals surface area contributed by atoms with Crippen LogP contribution in [0.3, 0.4) is 0 Å². The lowest BCUT2D eigenvalue weighted by molar-refractivity contribution is -0.142. The van der Waals surface area contributed by atoms with Crippen molar-refractivity contribution in [2.24, 2.45) is 0 Å². The minimum Gasteiger partial charge on any atom is -0.484 e. The molecule has 0 heterocycles. The van der Waals surface area contributed by atoms with Crippen molar-refractivity contribution >= 4 is 46.0 Å². The highest BCUT2D eigenvalue weighted by molar-refractivity contribution is 14.1. The Morgan fingerprint density at radius 1 is 1.17 bits per heavy atom. The Kier molecular flexibility index (Phi) is 9.73. The monoisotopic (exact) mass is 528 g/mol. The third kappa shape index (κ3) is 7.51. The van der Waals surface area contributed by atoms with Gasteiger partial charge in [-0.15, -0.1) is 0 Å². The predicted octanol–water partition coefficient (Wildman–Crippen LogP) is 4.66. The highest BCUT2D eigenvalue weighted by Crippen LogP contribution is 2.19. The van der Waals surface area contributed by atoms with E-state index in [1.807, 2.05) is 42.5 Å². The van der Waals surface area contributed by atoms with Gasteiger partial charge in [-0.3, -0.25) is 9.59 Å². The fraction of sp³-hybridized carbons (Fsp3) is 0.364. The van der Waals surface area contributed by atoms with Crippen molar-refractivity contribution in [2.45, 2.75) is 39.3 Å². The minimum absolute atomic E-state index is 0.155. The summed E-state index contributed by atoms with van der Waals surface area (Å²) < 4.78 is 6.72. The van der Waals surface area contributed by atoms with Crippen molar-refractivity contribution in [3.8, 4) is 5.75 Å². The number of rotatable bonds is 10. The van der Waals surface area contributed by atoms with Crippen molar-refractivity contribution in [3.05, 3.63) is 62.7 Å². The molecule has 0 fully saturated rings. The first-order valence-corrected chi connectivity index (χ1v) is 11.1. The Labute approximate surface area is 190 Å². The van der Waals surface area contributed by atoms with Crippen LogP contribution in [0.4, 0.5) is 0 Å². The number of nitrogens with one attached hydrogen (secondary N) is 1. The van der Waals surface area contributed by atoms with Gasteiger partial charge in [0, 0.05) is 21.7 Å². The Morgan fingerprint density at radius 3 is 2.52 bits per heavy atom. The van der Waals surface area contributed by atoms with Gasteiger partial charge in [-0.05, 0) is 71.8 Å². The average molecular weight is 529 g/mol. The molecule has 0 aliphatic heterocycles. The molecule has 7 heteroatoms. The molecule has 0 bridgehead atoms. The number of benzene rings is 2. The number of amides is 2. The first-order chi connectivity index (χ1) is 13.9. The molecule has 0 saturated heterocycles. The molecule has 2 amide bonds. The van der Waals surface area contributed by atoms with Crippen LogP contribution in [-0.2, 0) is 16.1 Å². The van der Waals surface area contributed by atoms with E-state index in [1.54, 1.807) is 13.0 Å². The Hall–Kier alpha value is -1.80. The van der Waals surface area contributed by atoms with E-state index in [0.29, 0.717) is 17.3 Å². The van der Waals surface area contributed by atoms with Gasteiger partial charge >= 0.3 is 0 Å². The van der Waals surface area contributed by atoms with Crippen LogP contribution in [0.1, 0.15) is 32.3 Å². The number of nitrogens with zero attached hydrogens (tertiary/aromatic N) is 1. The highest BCUT2D eigenvalue weighted by atomic mass is 127. The lowest BCUT2D eigenvalue weighted by Gasteiger charge is -2.29. The van der Waals surface area contributed by atoms with Gasteiger partial charge in [-0.25, -0.2) is 0 Å². The van der Waals surface area contributed by atoms with Gasteiger partial charge in [0.25, 0.3) is 5.91 Å². The number of carbonyl (C=O) groups excluding carboxylic acids is 2. The van der Waals surface area contributed by atoms with Crippen molar-refractivity contribution in [1.29, 1.82) is 0 Å². The topological polar surface area (TPSA) is 58.6 Å². The van der Waals surface area contributed by atoms with Gasteiger partial charge < -0.3 is 15.0 Å². The summed E-state index contributed by atoms with van der Waals surface area (Å²) in [6.07, 6.45) is 1.88. The molecular weight excluding hydrogens is 503 g/mol. The highest BCUT2D eigenvalue weighted by Gasteiger charge is 2.26. The quantitative estimate of drug-likeness (QED) is 0.361. The second-order valence-corrected chi connectivity index (χ2v) is 8.33. The molecule has 2 aromatic rings. The molecule has 0 aliphatic carbocycles. The zero-order valence-corrected chi connectivity index (χ0v) is 19.6. The smallest absolute Gasteiger partial charge is 0.261 e. The molecule has 0 radical (unpaired) electrons. The molecular formula is C22H26ClIN2O3. The standard InChI is InChI=1S/C22H26ClIN2O3/c1-3-4-13-25-22(28)16(2)26(14-17-7-5-6-8-20(17)23)21(27)15-29-19-11-9-18(24)10-12-19/h5-12,16H,3-4,13-15H2,1-2H3,(H,25,28). The van der Waals surface area contributed by atoms with E-state index >= 15 is 0 Å². The zero-order valence-electron chi connectivity index (χ0n) is 16.7. The first kappa shape index (κ1) is 23.5. The predicted molar refractivity (Wildman–Crippen MR) is 124 cm³/mol. The summed E-state index contributed by atoms with van der Waals surface area (Å²) in [5.41, 5.74) is 0.782. The van der Waals surface area contributed by atoms with Gasteiger partial charge in [0.15, 0.2) is 6.61 Å². The maximum absolute atomic E-state index is 13.0. The van der Waals surface area contributed by atoms with E-state index in [1.165, 1.54) is 4.90 Å². The van der Waals surface area contributed by atoms with Gasteiger partial charge in [0.05, 0.1) is 0 Å². The molecule has 0 spiro atoms. The van der Waals surface area contributed by atoms with Crippen LogP contribution in [0.2, 0.25) is 5.02 Å². The summed E-state index contributed by atoms with van der Waals surface area (Å²) >= 11 is 8.48. The number of ether oxygens (including phenoxy) is 1. The number of hydrogen-bond donors (Lipinski definition) is 1. The number of halogens is 2. The molecule has 5 nitrogen and oxygen atoms in total. The van der Waals surface area contributed by atoms with Gasteiger partial charge in [-0.2, -0.15) is 0 Å². The van der Waals surface area contributed by atoms with E-state index in [9.17, 15) is 9.59 Å². The van der Waals surface area contributed by atoms with Crippen LogP contribution in [0.15, 0.2) is 48.5 Å². The number of carbonyl (C=O) groups is 2. The van der Waals surface area contributed by atoms with Crippen LogP contribution >= 0.6 is 34.2 Å². The van der Waals surface area contributed by atoms with Crippen LogP contribution in [0.5, 0.6) is 5.75 Å². The van der Waals surface area contributed by atoms with E-state index in [2.05, 4.69) is 34.8 Å². The summed E-state index contributed by atoms with van der Waals surface area (Å²) in [5.74, 6) is 0.145. The summed E-state index contributed by atoms with van der Waals surface area (Å²) in [4.78, 5) is 27.0. The second kappa shape index (κ2) is 12.0. The Bertz CT molecular complexity index is 814. The normalized spacial score (nSPS) is 11.6. The Balaban J connectivity index is 2.11. The number of hydrogen-bond acceptors (Lipinski definition) is 3. The lowest BCUT2D eigenvalue weighted by atomic mass is 10.1. The molecule has 0 aromatic heterocycles. The van der Waals surface area contributed by atoms with Crippen molar-refractivity contribution in [3.63, 3.8) is 0 Å². The van der Waals surface area contributed by atoms with Gasteiger partial charge in [-0.1, -0.05) is 43.1 Å². The van der Waals surface area contributed by atoms with Crippen LogP contribution < -0.4 is 10.1 Å². The molecule has 0 aliphatic rings. The summed E-state index contributed by atoms with van der Waals surface area (Å²) in [5, 5.41) is 3.45. The largest absolute Gasteiger partial charge is 0.484 e. The molecule has 2 rings (SSSR count). The summed E-state index contributed by atoms with van der Waals surface area (Å²) in [7, 11) is 0. The third-order valence-corrected chi connectivity index (χ3v) is 5.56. The molecule has 1 atom stereocenters. The minimum atomic E-state index is -0.643. The van der Waals surface area contributed by atoms with Gasteiger partial charge in [0.2, 0.25) is 5.91 Å². The van der Waals surface area contributed by atoms with Crippen LogP contribution in [0, 0.1) is 3.57 Å². The van der Waals surface area contributed by atoms with Gasteiger partial charge in [0.1, 0.15) is 11.8 Å². The van der Waals surface area contributed by atoms with E-state index in [0.717, 1.165) is 22.0 Å².